The van der Waals surface area contributed by atoms with E-state index >= 15 is 0 Å². The molecule has 0 unspecified atom stereocenters. The van der Waals surface area contributed by atoms with Crippen LogP contribution in [-0.4, -0.2) is 23.6 Å². The van der Waals surface area contributed by atoms with Crippen molar-refractivity contribution in [3.63, 3.8) is 0 Å². The van der Waals surface area contributed by atoms with Gasteiger partial charge in [-0.25, -0.2) is 4.98 Å². The number of carbonyl (C=O) groups is 1. The molecule has 0 bridgehead atoms. The number of aryl methyl sites for hydroxylation is 3. The molecule has 1 amide bonds. The Kier molecular flexibility index (Phi) is 5.80. The molecule has 0 spiro atoms. The summed E-state index contributed by atoms with van der Waals surface area (Å²) in [5.41, 5.74) is 1.27. The number of benzene rings is 1. The fourth-order valence-corrected chi connectivity index (χ4v) is 2.35. The number of carbonyl (C=O) groups excluding carboxylic acids is 1. The number of nitriles is 1. The van der Waals surface area contributed by atoms with Gasteiger partial charge in [0.05, 0.1) is 6.07 Å². The first-order chi connectivity index (χ1) is 11.8. The van der Waals surface area contributed by atoms with Crippen molar-refractivity contribution in [2.24, 2.45) is 0 Å². The van der Waals surface area contributed by atoms with E-state index in [0.29, 0.717) is 12.8 Å². The lowest BCUT2D eigenvalue weighted by molar-refractivity contribution is -0.170. The molecule has 1 heterocycles. The predicted molar refractivity (Wildman–Crippen MR) is 83.7 cm³/mol. The molecular formula is C17H16F3N3O2. The molecule has 0 fully saturated rings. The number of rotatable bonds is 6. The third-order valence-electron chi connectivity index (χ3n) is 3.48. The van der Waals surface area contributed by atoms with Gasteiger partial charge in [0, 0.05) is 6.42 Å². The van der Waals surface area contributed by atoms with Crippen molar-refractivity contribution in [2.75, 3.05) is 11.4 Å². The Balaban J connectivity index is 2.09. The quantitative estimate of drug-likeness (QED) is 0.746. The van der Waals surface area contributed by atoms with Gasteiger partial charge in [-0.3, -0.25) is 9.69 Å². The summed E-state index contributed by atoms with van der Waals surface area (Å²) < 4.78 is 43.3. The van der Waals surface area contributed by atoms with E-state index in [4.69, 9.17) is 9.68 Å². The second-order valence-electron chi connectivity index (χ2n) is 5.38. The van der Waals surface area contributed by atoms with Gasteiger partial charge in [0.1, 0.15) is 12.2 Å². The number of nitrogens with zero attached hydrogens (tertiary/aromatic N) is 3. The molecule has 1 aromatic heterocycles. The molecule has 0 atom stereocenters. The summed E-state index contributed by atoms with van der Waals surface area (Å²) in [6.07, 6.45) is -3.23. The van der Waals surface area contributed by atoms with E-state index in [1.54, 1.807) is 0 Å². The van der Waals surface area contributed by atoms with Crippen LogP contribution in [0.4, 0.5) is 19.1 Å². The van der Waals surface area contributed by atoms with E-state index in [9.17, 15) is 18.0 Å². The van der Waals surface area contributed by atoms with Gasteiger partial charge in [0.2, 0.25) is 5.88 Å². The molecule has 8 heteroatoms. The zero-order chi connectivity index (χ0) is 18.4. The van der Waals surface area contributed by atoms with Gasteiger partial charge in [-0.05, 0) is 25.3 Å². The van der Waals surface area contributed by atoms with Crippen LogP contribution in [0.1, 0.15) is 23.6 Å². The van der Waals surface area contributed by atoms with E-state index in [0.717, 1.165) is 12.0 Å². The van der Waals surface area contributed by atoms with Crippen LogP contribution < -0.4 is 4.90 Å². The highest BCUT2D eigenvalue weighted by molar-refractivity contribution is 5.96. The molecule has 2 aromatic rings. The molecule has 5 nitrogen and oxygen atoms in total. The monoisotopic (exact) mass is 351 g/mol. The lowest BCUT2D eigenvalue weighted by Crippen LogP contribution is -2.41. The summed E-state index contributed by atoms with van der Waals surface area (Å²) in [6.45, 7) is 0.672. The number of amides is 1. The summed E-state index contributed by atoms with van der Waals surface area (Å²) in [6, 6.07) is 11.2. The summed E-state index contributed by atoms with van der Waals surface area (Å²) in [4.78, 5) is 15.8. The zero-order valence-corrected chi connectivity index (χ0v) is 13.5. The Labute approximate surface area is 142 Å². The molecule has 0 aliphatic heterocycles. The maximum atomic E-state index is 12.7. The minimum atomic E-state index is -5.09. The van der Waals surface area contributed by atoms with Gasteiger partial charge in [0.25, 0.3) is 0 Å². The highest BCUT2D eigenvalue weighted by Gasteiger charge is 2.44. The Morgan fingerprint density at radius 3 is 2.56 bits per heavy atom. The fraction of sp³-hybridized carbons (Fsp3) is 0.353. The zero-order valence-electron chi connectivity index (χ0n) is 13.5. The van der Waals surface area contributed by atoms with Crippen LogP contribution in [0.5, 0.6) is 0 Å². The Morgan fingerprint density at radius 1 is 1.28 bits per heavy atom. The molecular weight excluding hydrogens is 335 g/mol. The molecule has 0 radical (unpaired) electrons. The Bertz CT molecular complexity index is 764. The number of halogens is 3. The normalized spacial score (nSPS) is 11.2. The van der Waals surface area contributed by atoms with Crippen LogP contribution in [0.15, 0.2) is 34.7 Å². The van der Waals surface area contributed by atoms with Crippen LogP contribution >= 0.6 is 0 Å². The molecule has 132 valence electrons. The van der Waals surface area contributed by atoms with E-state index in [1.165, 1.54) is 13.0 Å². The topological polar surface area (TPSA) is 70.1 Å². The first kappa shape index (κ1) is 18.5. The average molecular weight is 351 g/mol. The van der Waals surface area contributed by atoms with Crippen molar-refractivity contribution in [3.8, 4) is 6.07 Å². The van der Waals surface area contributed by atoms with Gasteiger partial charge in [-0.15, -0.1) is 0 Å². The van der Waals surface area contributed by atoms with Crippen LogP contribution in [0, 0.1) is 18.3 Å². The van der Waals surface area contributed by atoms with Crippen LogP contribution in [0.25, 0.3) is 0 Å². The van der Waals surface area contributed by atoms with Crippen LogP contribution in [0.3, 0.4) is 0 Å². The molecule has 0 aliphatic carbocycles. The van der Waals surface area contributed by atoms with E-state index in [-0.39, 0.29) is 22.4 Å². The van der Waals surface area contributed by atoms with Gasteiger partial charge < -0.3 is 4.42 Å². The van der Waals surface area contributed by atoms with Crippen LogP contribution in [0.2, 0.25) is 0 Å². The number of oxazole rings is 1. The predicted octanol–water partition coefficient (Wildman–Crippen LogP) is 3.58. The molecule has 25 heavy (non-hydrogen) atoms. The second kappa shape index (κ2) is 7.83. The SMILES string of the molecule is Cc1nc(CCCc2ccccc2)oc1N(CC#N)C(=O)C(F)(F)F. The third kappa shape index (κ3) is 4.83. The van der Waals surface area contributed by atoms with Gasteiger partial charge in [0.15, 0.2) is 5.89 Å². The van der Waals surface area contributed by atoms with E-state index < -0.39 is 18.6 Å². The molecule has 0 N–H and O–H groups in total. The van der Waals surface area contributed by atoms with Crippen molar-refractivity contribution in [2.45, 2.75) is 32.4 Å². The second-order valence-corrected chi connectivity index (χ2v) is 5.38. The number of anilines is 1. The van der Waals surface area contributed by atoms with Crippen molar-refractivity contribution in [1.29, 1.82) is 5.26 Å². The maximum absolute atomic E-state index is 12.7. The standard InChI is InChI=1S/C17H16F3N3O2/c1-12-15(23(11-10-21)16(24)17(18,19)20)25-14(22-12)9-5-8-13-6-3-2-4-7-13/h2-4,6-7H,5,8-9,11H2,1H3. The maximum Gasteiger partial charge on any atom is 0.471 e. The van der Waals surface area contributed by atoms with E-state index in [1.807, 2.05) is 30.3 Å². The minimum absolute atomic E-state index is 0.141. The molecule has 1 aromatic carbocycles. The molecule has 2 rings (SSSR count). The molecule has 0 aliphatic rings. The lowest BCUT2D eigenvalue weighted by Gasteiger charge is -2.18. The van der Waals surface area contributed by atoms with Crippen molar-refractivity contribution in [3.05, 3.63) is 47.5 Å². The number of hydrogen-bond donors (Lipinski definition) is 0. The van der Waals surface area contributed by atoms with Gasteiger partial charge in [-0.1, -0.05) is 30.3 Å². The summed E-state index contributed by atoms with van der Waals surface area (Å²) >= 11 is 0. The van der Waals surface area contributed by atoms with Crippen LogP contribution in [-0.2, 0) is 17.6 Å². The summed E-state index contributed by atoms with van der Waals surface area (Å²) in [5.74, 6) is -2.25. The van der Waals surface area contributed by atoms with Crippen molar-refractivity contribution >= 4 is 11.8 Å². The van der Waals surface area contributed by atoms with Gasteiger partial charge in [-0.2, -0.15) is 18.4 Å². The van der Waals surface area contributed by atoms with E-state index in [2.05, 4.69) is 4.98 Å². The third-order valence-corrected chi connectivity index (χ3v) is 3.48. The minimum Gasteiger partial charge on any atom is -0.424 e. The lowest BCUT2D eigenvalue weighted by atomic mass is 10.1. The summed E-state index contributed by atoms with van der Waals surface area (Å²) in [7, 11) is 0. The smallest absolute Gasteiger partial charge is 0.424 e. The largest absolute Gasteiger partial charge is 0.471 e. The average Bonchev–Trinajstić information content (AvgIpc) is 2.92. The summed E-state index contributed by atoms with van der Waals surface area (Å²) in [5, 5.41) is 8.70. The number of aromatic nitrogens is 1. The fourth-order valence-electron chi connectivity index (χ4n) is 2.35. The Hall–Kier alpha value is -2.82. The Morgan fingerprint density at radius 2 is 1.96 bits per heavy atom. The number of hydrogen-bond acceptors (Lipinski definition) is 4. The van der Waals surface area contributed by atoms with Crippen molar-refractivity contribution in [1.82, 2.24) is 4.98 Å². The highest BCUT2D eigenvalue weighted by atomic mass is 19.4. The first-order valence-electron chi connectivity index (χ1n) is 7.58. The number of alkyl halides is 3. The van der Waals surface area contributed by atoms with Gasteiger partial charge >= 0.3 is 12.1 Å². The highest BCUT2D eigenvalue weighted by Crippen LogP contribution is 2.27. The van der Waals surface area contributed by atoms with Crippen molar-refractivity contribution < 1.29 is 22.4 Å². The molecule has 0 saturated heterocycles. The first-order valence-corrected chi connectivity index (χ1v) is 7.58. The molecule has 0 saturated carbocycles.